The third-order valence-electron chi connectivity index (χ3n) is 2.03. The Morgan fingerprint density at radius 2 is 2.12 bits per heavy atom. The summed E-state index contributed by atoms with van der Waals surface area (Å²) in [7, 11) is 2.95. The average Bonchev–Trinajstić information content (AvgIpc) is 2.34. The van der Waals surface area contributed by atoms with Gasteiger partial charge >= 0.3 is 0 Å². The third-order valence-corrected chi connectivity index (χ3v) is 2.03. The van der Waals surface area contributed by atoms with Gasteiger partial charge in [0.15, 0.2) is 11.5 Å². The lowest BCUT2D eigenvalue weighted by Gasteiger charge is -2.11. The van der Waals surface area contributed by atoms with E-state index in [1.807, 2.05) is 0 Å². The molecule has 0 aliphatic rings. The molecule has 0 saturated carbocycles. The van der Waals surface area contributed by atoms with Crippen molar-refractivity contribution in [1.82, 2.24) is 0 Å². The Bertz CT molecular complexity index is 436. The van der Waals surface area contributed by atoms with Crippen LogP contribution in [0.15, 0.2) is 17.1 Å². The Kier molecular flexibility index (Phi) is 4.24. The van der Waals surface area contributed by atoms with Gasteiger partial charge in [-0.25, -0.2) is 9.79 Å². The van der Waals surface area contributed by atoms with Gasteiger partial charge in [0.1, 0.15) is 6.29 Å². The van der Waals surface area contributed by atoms with E-state index >= 15 is 0 Å². The second-order valence-electron chi connectivity index (χ2n) is 2.94. The van der Waals surface area contributed by atoms with Gasteiger partial charge in [-0.15, -0.1) is 0 Å². The Morgan fingerprint density at radius 1 is 1.38 bits per heavy atom. The largest absolute Gasteiger partial charge is 0.493 e. The summed E-state index contributed by atoms with van der Waals surface area (Å²) in [5.41, 5.74) is 1.04. The fraction of sp³-hybridized carbons (Fsp3) is 0.273. The maximum absolute atomic E-state index is 10.7. The number of hydrogen-bond donors (Lipinski definition) is 0. The van der Waals surface area contributed by atoms with Crippen molar-refractivity contribution in [1.29, 1.82) is 0 Å². The van der Waals surface area contributed by atoms with Crippen LogP contribution >= 0.6 is 0 Å². The van der Waals surface area contributed by atoms with Crippen molar-refractivity contribution in [2.24, 2.45) is 4.99 Å². The Morgan fingerprint density at radius 3 is 2.62 bits per heavy atom. The van der Waals surface area contributed by atoms with Gasteiger partial charge in [-0.2, -0.15) is 0 Å². The van der Waals surface area contributed by atoms with Gasteiger partial charge in [0.2, 0.25) is 6.08 Å². The van der Waals surface area contributed by atoms with Crippen molar-refractivity contribution in [3.05, 3.63) is 23.3 Å². The second-order valence-corrected chi connectivity index (χ2v) is 2.94. The van der Waals surface area contributed by atoms with Crippen molar-refractivity contribution in [3.8, 4) is 11.5 Å². The first-order valence-electron chi connectivity index (χ1n) is 4.50. The molecule has 0 spiro atoms. The number of benzene rings is 1. The van der Waals surface area contributed by atoms with Gasteiger partial charge < -0.3 is 9.47 Å². The predicted octanol–water partition coefficient (Wildman–Crippen LogP) is 1.35. The number of carbonyl (C=O) groups excluding carboxylic acids is 2. The van der Waals surface area contributed by atoms with Crippen molar-refractivity contribution < 1.29 is 19.1 Å². The number of aldehydes is 1. The van der Waals surface area contributed by atoms with Crippen LogP contribution in [0.1, 0.15) is 15.9 Å². The molecule has 1 aromatic carbocycles. The molecule has 0 amide bonds. The first kappa shape index (κ1) is 11.9. The van der Waals surface area contributed by atoms with Crippen molar-refractivity contribution in [2.45, 2.75) is 6.54 Å². The molecule has 0 bridgehead atoms. The van der Waals surface area contributed by atoms with Gasteiger partial charge in [0, 0.05) is 11.1 Å². The highest BCUT2D eigenvalue weighted by Crippen LogP contribution is 2.32. The molecule has 0 unspecified atom stereocenters. The summed E-state index contributed by atoms with van der Waals surface area (Å²) in [4.78, 5) is 24.2. The maximum Gasteiger partial charge on any atom is 0.235 e. The molecule has 1 aromatic rings. The fourth-order valence-electron chi connectivity index (χ4n) is 1.37. The molecule has 1 rings (SSSR count). The summed E-state index contributed by atoms with van der Waals surface area (Å²) < 4.78 is 10.2. The van der Waals surface area contributed by atoms with Crippen molar-refractivity contribution >= 4 is 12.4 Å². The molecule has 0 radical (unpaired) electrons. The van der Waals surface area contributed by atoms with E-state index in [0.29, 0.717) is 28.9 Å². The highest BCUT2D eigenvalue weighted by atomic mass is 16.5. The highest BCUT2D eigenvalue weighted by Gasteiger charge is 2.11. The Labute approximate surface area is 92.7 Å². The quantitative estimate of drug-likeness (QED) is 0.427. The minimum absolute atomic E-state index is 0.102. The van der Waals surface area contributed by atoms with Crippen molar-refractivity contribution in [3.63, 3.8) is 0 Å². The summed E-state index contributed by atoms with van der Waals surface area (Å²) in [5, 5.41) is 0. The molecule has 0 atom stereocenters. The molecule has 0 heterocycles. The first-order valence-corrected chi connectivity index (χ1v) is 4.50. The zero-order chi connectivity index (χ0) is 12.0. The molecule has 5 nitrogen and oxygen atoms in total. The number of ether oxygens (including phenoxy) is 2. The zero-order valence-corrected chi connectivity index (χ0v) is 9.02. The highest BCUT2D eigenvalue weighted by molar-refractivity contribution is 5.77. The van der Waals surface area contributed by atoms with Crippen LogP contribution in [0.4, 0.5) is 0 Å². The van der Waals surface area contributed by atoms with E-state index in [0.717, 1.165) is 0 Å². The van der Waals surface area contributed by atoms with Crippen LogP contribution in [0.25, 0.3) is 0 Å². The summed E-state index contributed by atoms with van der Waals surface area (Å²) in [6.07, 6.45) is 2.12. The molecular formula is C11H11NO4. The SMILES string of the molecule is COc1cc(C=O)cc(CN=C=O)c1OC. The first-order chi connectivity index (χ1) is 7.76. The Balaban J connectivity index is 3.29. The standard InChI is InChI=1S/C11H11NO4/c1-15-10-4-8(6-13)3-9(5-12-7-14)11(10)16-2/h3-4,6H,5H2,1-2H3. The molecule has 16 heavy (non-hydrogen) atoms. The number of rotatable bonds is 5. The van der Waals surface area contributed by atoms with E-state index in [-0.39, 0.29) is 6.54 Å². The second kappa shape index (κ2) is 5.68. The summed E-state index contributed by atoms with van der Waals surface area (Å²) in [6, 6.07) is 3.15. The van der Waals surface area contributed by atoms with E-state index in [1.165, 1.54) is 20.3 Å². The number of carbonyl (C=O) groups is 1. The summed E-state index contributed by atoms with van der Waals surface area (Å²) in [5.74, 6) is 0.898. The van der Waals surface area contributed by atoms with Crippen LogP contribution in [-0.4, -0.2) is 26.6 Å². The lowest BCUT2D eigenvalue weighted by molar-refractivity contribution is 0.112. The normalized spacial score (nSPS) is 9.12. The van der Waals surface area contributed by atoms with Gasteiger partial charge in [-0.3, -0.25) is 4.79 Å². The summed E-state index contributed by atoms with van der Waals surface area (Å²) in [6.45, 7) is 0.102. The van der Waals surface area contributed by atoms with Gasteiger partial charge in [0.05, 0.1) is 20.8 Å². The van der Waals surface area contributed by atoms with E-state index in [4.69, 9.17) is 9.47 Å². The van der Waals surface area contributed by atoms with Crippen LogP contribution < -0.4 is 9.47 Å². The molecule has 5 heteroatoms. The monoisotopic (exact) mass is 221 g/mol. The van der Waals surface area contributed by atoms with Crippen LogP contribution in [0.5, 0.6) is 11.5 Å². The fourth-order valence-corrected chi connectivity index (χ4v) is 1.37. The van der Waals surface area contributed by atoms with Crippen LogP contribution in [0, 0.1) is 0 Å². The number of aliphatic imine (C=N–C) groups is 1. The average molecular weight is 221 g/mol. The van der Waals surface area contributed by atoms with Gasteiger partial charge in [-0.1, -0.05) is 0 Å². The number of isocyanates is 1. The van der Waals surface area contributed by atoms with E-state index in [2.05, 4.69) is 4.99 Å². The molecule has 0 saturated heterocycles. The molecule has 0 N–H and O–H groups in total. The van der Waals surface area contributed by atoms with E-state index in [1.54, 1.807) is 12.1 Å². The maximum atomic E-state index is 10.7. The lowest BCUT2D eigenvalue weighted by Crippen LogP contribution is -1.97. The van der Waals surface area contributed by atoms with Crippen LogP contribution in [-0.2, 0) is 11.3 Å². The van der Waals surface area contributed by atoms with Gasteiger partial charge in [-0.05, 0) is 12.1 Å². The van der Waals surface area contributed by atoms with Crippen LogP contribution in [0.2, 0.25) is 0 Å². The smallest absolute Gasteiger partial charge is 0.235 e. The summed E-state index contributed by atoms with van der Waals surface area (Å²) >= 11 is 0. The lowest BCUT2D eigenvalue weighted by atomic mass is 10.1. The molecule has 0 aliphatic heterocycles. The minimum atomic E-state index is 0.102. The molecule has 0 aliphatic carbocycles. The van der Waals surface area contributed by atoms with Gasteiger partial charge in [0.25, 0.3) is 0 Å². The third kappa shape index (κ3) is 2.46. The van der Waals surface area contributed by atoms with E-state index in [9.17, 15) is 9.59 Å². The molecular weight excluding hydrogens is 210 g/mol. The van der Waals surface area contributed by atoms with Crippen LogP contribution in [0.3, 0.4) is 0 Å². The zero-order valence-electron chi connectivity index (χ0n) is 9.02. The molecule has 0 aromatic heterocycles. The van der Waals surface area contributed by atoms with E-state index < -0.39 is 0 Å². The molecule has 84 valence electrons. The minimum Gasteiger partial charge on any atom is -0.493 e. The molecule has 0 fully saturated rings. The topological polar surface area (TPSA) is 65.0 Å². The number of hydrogen-bond acceptors (Lipinski definition) is 5. The van der Waals surface area contributed by atoms with Crippen molar-refractivity contribution in [2.75, 3.05) is 14.2 Å². The number of nitrogens with zero attached hydrogens (tertiary/aromatic N) is 1. The number of methoxy groups -OCH3 is 2. The predicted molar refractivity (Wildman–Crippen MR) is 56.8 cm³/mol. The Hall–Kier alpha value is -2.13.